The second-order valence-corrected chi connectivity index (χ2v) is 9.70. The molecular formula is C27H28N4O3. The summed E-state index contributed by atoms with van der Waals surface area (Å²) in [6.07, 6.45) is 9.41. The molecule has 3 atom stereocenters. The molecule has 2 saturated heterocycles. The molecule has 3 aliphatic rings. The normalized spacial score (nSPS) is 25.0. The third kappa shape index (κ3) is 3.60. The van der Waals surface area contributed by atoms with Crippen molar-refractivity contribution >= 4 is 11.6 Å². The predicted molar refractivity (Wildman–Crippen MR) is 129 cm³/mol. The summed E-state index contributed by atoms with van der Waals surface area (Å²) in [5, 5.41) is 15.9. The number of piperidine rings is 1. The molecule has 1 aromatic carbocycles. The largest absolute Gasteiger partial charge is 0.450 e. The van der Waals surface area contributed by atoms with Crippen molar-refractivity contribution in [2.75, 3.05) is 7.05 Å². The van der Waals surface area contributed by atoms with Crippen LogP contribution in [0.25, 0.3) is 22.5 Å². The predicted octanol–water partition coefficient (Wildman–Crippen LogP) is 4.49. The highest BCUT2D eigenvalue weighted by Crippen LogP contribution is 2.38. The van der Waals surface area contributed by atoms with Crippen LogP contribution < -0.4 is 5.32 Å². The molecule has 2 bridgehead atoms. The van der Waals surface area contributed by atoms with E-state index in [4.69, 9.17) is 4.42 Å². The van der Waals surface area contributed by atoms with Gasteiger partial charge in [-0.1, -0.05) is 23.4 Å². The van der Waals surface area contributed by atoms with Crippen molar-refractivity contribution in [2.45, 2.75) is 56.7 Å². The number of aryl methyl sites for hydroxylation is 1. The van der Waals surface area contributed by atoms with Crippen LogP contribution in [-0.4, -0.2) is 51.9 Å². The topological polar surface area (TPSA) is 91.0 Å². The zero-order valence-corrected chi connectivity index (χ0v) is 19.2. The van der Waals surface area contributed by atoms with Crippen LogP contribution in [0.4, 0.5) is 0 Å². The zero-order valence-electron chi connectivity index (χ0n) is 19.2. The van der Waals surface area contributed by atoms with Crippen LogP contribution in [0.5, 0.6) is 0 Å². The minimum atomic E-state index is -0.161. The second-order valence-electron chi connectivity index (χ2n) is 9.70. The van der Waals surface area contributed by atoms with Gasteiger partial charge >= 0.3 is 0 Å². The molecular weight excluding hydrogens is 428 g/mol. The van der Waals surface area contributed by atoms with Crippen LogP contribution in [0.3, 0.4) is 0 Å². The molecule has 4 heterocycles. The number of nitrogens with zero attached hydrogens (tertiary/aromatic N) is 3. The quantitative estimate of drug-likeness (QED) is 0.446. The van der Waals surface area contributed by atoms with Crippen molar-refractivity contribution in [3.8, 4) is 22.5 Å². The van der Waals surface area contributed by atoms with Crippen molar-refractivity contribution in [1.29, 1.82) is 0 Å². The van der Waals surface area contributed by atoms with E-state index in [1.54, 1.807) is 12.4 Å². The van der Waals surface area contributed by atoms with Crippen LogP contribution in [0.2, 0.25) is 0 Å². The summed E-state index contributed by atoms with van der Waals surface area (Å²) in [6, 6.07) is 13.0. The lowest BCUT2D eigenvalue weighted by molar-refractivity contribution is 0.0856. The molecule has 174 valence electrons. The summed E-state index contributed by atoms with van der Waals surface area (Å²) < 4.78 is 6.20. The van der Waals surface area contributed by atoms with Crippen molar-refractivity contribution in [3.05, 3.63) is 65.7 Å². The fourth-order valence-electron chi connectivity index (χ4n) is 5.96. The molecule has 7 heteroatoms. The Labute approximate surface area is 198 Å². The lowest BCUT2D eigenvalue weighted by Gasteiger charge is -2.36. The molecule has 3 aromatic rings. The molecule has 34 heavy (non-hydrogen) atoms. The van der Waals surface area contributed by atoms with Gasteiger partial charge in [-0.05, 0) is 74.9 Å². The summed E-state index contributed by atoms with van der Waals surface area (Å²) in [6.45, 7) is 0. The minimum Gasteiger partial charge on any atom is -0.450 e. The highest BCUT2D eigenvalue weighted by atomic mass is 16.4. The number of hydrogen-bond donors (Lipinski definition) is 2. The number of amides is 1. The maximum absolute atomic E-state index is 13.3. The number of hydrogen-bond acceptors (Lipinski definition) is 6. The van der Waals surface area contributed by atoms with E-state index in [0.29, 0.717) is 23.6 Å². The highest BCUT2D eigenvalue weighted by molar-refractivity contribution is 6.05. The Morgan fingerprint density at radius 3 is 2.56 bits per heavy atom. The number of fused-ring (bicyclic) bond motifs is 3. The van der Waals surface area contributed by atoms with Gasteiger partial charge in [-0.25, -0.2) is 0 Å². The van der Waals surface area contributed by atoms with Crippen molar-refractivity contribution in [3.63, 3.8) is 0 Å². The molecule has 2 N–H and O–H groups in total. The van der Waals surface area contributed by atoms with E-state index in [0.717, 1.165) is 59.2 Å². The van der Waals surface area contributed by atoms with Crippen LogP contribution in [0.1, 0.15) is 53.8 Å². The molecule has 1 unspecified atom stereocenters. The fraction of sp³-hybridized carbons (Fsp3) is 0.370. The first kappa shape index (κ1) is 21.1. The van der Waals surface area contributed by atoms with Crippen molar-refractivity contribution < 1.29 is 14.4 Å². The molecule has 2 aromatic heterocycles. The van der Waals surface area contributed by atoms with E-state index < -0.39 is 0 Å². The summed E-state index contributed by atoms with van der Waals surface area (Å²) >= 11 is 0. The van der Waals surface area contributed by atoms with Gasteiger partial charge in [0.05, 0.1) is 5.71 Å². The van der Waals surface area contributed by atoms with Gasteiger partial charge < -0.3 is 19.8 Å². The van der Waals surface area contributed by atoms with Crippen LogP contribution in [-0.2, 0) is 6.42 Å². The Kier molecular flexibility index (Phi) is 5.21. The lowest BCUT2D eigenvalue weighted by atomic mass is 9.97. The first-order valence-corrected chi connectivity index (χ1v) is 12.0. The summed E-state index contributed by atoms with van der Waals surface area (Å²) in [7, 11) is 2.20. The van der Waals surface area contributed by atoms with E-state index in [2.05, 4.69) is 33.5 Å². The van der Waals surface area contributed by atoms with Gasteiger partial charge in [0.2, 0.25) is 0 Å². The highest BCUT2D eigenvalue weighted by Gasteiger charge is 2.39. The number of furan rings is 1. The van der Waals surface area contributed by atoms with Crippen molar-refractivity contribution in [2.24, 2.45) is 5.16 Å². The molecule has 0 spiro atoms. The second kappa shape index (κ2) is 8.40. The number of benzene rings is 1. The van der Waals surface area contributed by atoms with E-state index >= 15 is 0 Å². The Bertz CT molecular complexity index is 1250. The molecule has 6 rings (SSSR count). The Morgan fingerprint density at radius 1 is 1.06 bits per heavy atom. The lowest BCUT2D eigenvalue weighted by Crippen LogP contribution is -2.48. The number of pyridine rings is 1. The van der Waals surface area contributed by atoms with Gasteiger partial charge in [-0.3, -0.25) is 9.78 Å². The third-order valence-corrected chi connectivity index (χ3v) is 7.81. The number of carbonyl (C=O) groups excluding carboxylic acids is 1. The fourth-order valence-corrected chi connectivity index (χ4v) is 5.96. The zero-order chi connectivity index (χ0) is 23.2. The SMILES string of the molecule is CN1[C@@H]2CC[C@H]1CC(NC(=O)c1cc(-c3ccc4c(c3)CCC4=NO)c(-c3ccncc3)o1)C2. The van der Waals surface area contributed by atoms with Gasteiger partial charge in [-0.2, -0.15) is 0 Å². The van der Waals surface area contributed by atoms with E-state index in [9.17, 15) is 10.0 Å². The third-order valence-electron chi connectivity index (χ3n) is 7.81. The number of oxime groups is 1. The number of nitrogens with one attached hydrogen (secondary N) is 1. The molecule has 1 aliphatic carbocycles. The first-order valence-electron chi connectivity index (χ1n) is 12.0. The molecule has 2 fully saturated rings. The van der Waals surface area contributed by atoms with Gasteiger partial charge in [0.25, 0.3) is 5.91 Å². The van der Waals surface area contributed by atoms with Gasteiger partial charge in [0.15, 0.2) is 5.76 Å². The molecule has 2 aliphatic heterocycles. The average Bonchev–Trinajstić information content (AvgIpc) is 3.53. The average molecular weight is 457 g/mol. The van der Waals surface area contributed by atoms with Crippen molar-refractivity contribution in [1.82, 2.24) is 15.2 Å². The Balaban J connectivity index is 1.33. The first-order chi connectivity index (χ1) is 16.6. The number of aromatic nitrogens is 1. The van der Waals surface area contributed by atoms with E-state index in [1.165, 1.54) is 12.8 Å². The van der Waals surface area contributed by atoms with Gasteiger partial charge in [0.1, 0.15) is 5.76 Å². The smallest absolute Gasteiger partial charge is 0.287 e. The van der Waals surface area contributed by atoms with E-state index in [1.807, 2.05) is 30.3 Å². The minimum absolute atomic E-state index is 0.161. The van der Waals surface area contributed by atoms with Gasteiger partial charge in [-0.15, -0.1) is 0 Å². The van der Waals surface area contributed by atoms with Gasteiger partial charge in [0, 0.05) is 47.2 Å². The number of carbonyl (C=O) groups is 1. The summed E-state index contributed by atoms with van der Waals surface area (Å²) in [5.41, 5.74) is 5.56. The van der Waals surface area contributed by atoms with Crippen LogP contribution >= 0.6 is 0 Å². The molecule has 1 amide bonds. The molecule has 0 radical (unpaired) electrons. The summed E-state index contributed by atoms with van der Waals surface area (Å²) in [5.74, 6) is 0.822. The maximum Gasteiger partial charge on any atom is 0.287 e. The summed E-state index contributed by atoms with van der Waals surface area (Å²) in [4.78, 5) is 19.8. The molecule has 0 saturated carbocycles. The molecule has 7 nitrogen and oxygen atoms in total. The van der Waals surface area contributed by atoms with Crippen LogP contribution in [0, 0.1) is 0 Å². The Hall–Kier alpha value is -3.45. The number of rotatable bonds is 4. The Morgan fingerprint density at radius 2 is 1.82 bits per heavy atom. The van der Waals surface area contributed by atoms with E-state index in [-0.39, 0.29) is 11.9 Å². The van der Waals surface area contributed by atoms with Crippen LogP contribution in [0.15, 0.2) is 58.4 Å². The standard InChI is InChI=1S/C27H28N4O3/c1-31-20-4-5-21(31)14-19(13-20)29-27(32)25-15-23(26(34-25)16-8-10-28-11-9-16)18-2-6-22-17(12-18)3-7-24(22)30-33/h2,6,8-12,15,19-21,33H,3-5,7,13-14H2,1H3,(H,29,32)/t19?,20-,21+. The monoisotopic (exact) mass is 456 g/mol. The maximum atomic E-state index is 13.3.